The zero-order valence-corrected chi connectivity index (χ0v) is 14.4. The van der Waals surface area contributed by atoms with Gasteiger partial charge in [-0.1, -0.05) is 30.2 Å². The molecule has 0 spiro atoms. The highest BCUT2D eigenvalue weighted by atomic mass is 16.5. The van der Waals surface area contributed by atoms with Crippen LogP contribution in [0.4, 0.5) is 0 Å². The number of Topliss-reactive ketones (excluding diaryl/α,β-unsaturated/α-hetero) is 2. The van der Waals surface area contributed by atoms with Gasteiger partial charge in [0.05, 0.1) is 11.6 Å². The Labute approximate surface area is 156 Å². The summed E-state index contributed by atoms with van der Waals surface area (Å²) in [4.78, 5) is 24.5. The maximum Gasteiger partial charge on any atom is 0.229 e. The number of H-pyrrole nitrogens is 1. The fourth-order valence-corrected chi connectivity index (χ4v) is 3.32. The molecule has 1 aromatic heterocycles. The Balaban J connectivity index is 1.53. The predicted molar refractivity (Wildman–Crippen MR) is 101 cm³/mol. The van der Waals surface area contributed by atoms with E-state index in [0.717, 1.165) is 22.5 Å². The minimum atomic E-state index is -0.457. The van der Waals surface area contributed by atoms with Crippen molar-refractivity contribution in [3.8, 4) is 29.4 Å². The van der Waals surface area contributed by atoms with E-state index in [1.54, 1.807) is 12.1 Å². The first-order valence-corrected chi connectivity index (χ1v) is 8.56. The van der Waals surface area contributed by atoms with Crippen molar-refractivity contribution in [3.05, 3.63) is 71.4 Å². The van der Waals surface area contributed by atoms with Crippen molar-refractivity contribution in [2.75, 3.05) is 6.61 Å². The van der Waals surface area contributed by atoms with Crippen LogP contribution in [0.15, 0.2) is 54.6 Å². The third-order valence-electron chi connectivity index (χ3n) is 4.65. The Kier molecular flexibility index (Phi) is 4.31. The lowest BCUT2D eigenvalue weighted by Crippen LogP contribution is -2.14. The summed E-state index contributed by atoms with van der Waals surface area (Å²) in [7, 11) is 0. The Bertz CT molecular complexity index is 1060. The Hall–Kier alpha value is -3.65. The number of aromatic amines is 1. The highest BCUT2D eigenvalue weighted by molar-refractivity contribution is 6.48. The van der Waals surface area contributed by atoms with Crippen LogP contribution in [-0.2, 0) is 11.2 Å². The number of carbonyl (C=O) groups is 2. The molecule has 4 rings (SSSR count). The molecule has 1 aliphatic rings. The number of benzene rings is 2. The third-order valence-corrected chi connectivity index (χ3v) is 4.65. The molecule has 0 saturated heterocycles. The molecule has 2 aromatic carbocycles. The highest BCUT2D eigenvalue weighted by Crippen LogP contribution is 2.33. The summed E-state index contributed by atoms with van der Waals surface area (Å²) in [6.07, 6.45) is 5.60. The van der Waals surface area contributed by atoms with Crippen molar-refractivity contribution in [1.29, 1.82) is 0 Å². The first kappa shape index (κ1) is 16.8. The maximum atomic E-state index is 12.4. The number of carbonyl (C=O) groups excluding carboxylic acids is 2. The summed E-state index contributed by atoms with van der Waals surface area (Å²) < 4.78 is 5.36. The molecular formula is C22H16N2O3. The average Bonchev–Trinajstić information content (AvgIpc) is 3.26. The molecule has 132 valence electrons. The second-order valence-corrected chi connectivity index (χ2v) is 6.33. The molecule has 1 N–H and O–H groups in total. The molecule has 5 heteroatoms. The van der Waals surface area contributed by atoms with E-state index < -0.39 is 11.7 Å². The Morgan fingerprint density at radius 3 is 2.67 bits per heavy atom. The molecule has 0 amide bonds. The molecule has 0 aliphatic heterocycles. The topological polar surface area (TPSA) is 72.1 Å². The first-order chi connectivity index (χ1) is 13.2. The number of ketones is 2. The lowest BCUT2D eigenvalue weighted by atomic mass is 9.95. The molecule has 0 saturated carbocycles. The lowest BCUT2D eigenvalue weighted by molar-refractivity contribution is -0.115. The molecule has 3 aromatic rings. The van der Waals surface area contributed by atoms with E-state index >= 15 is 0 Å². The summed E-state index contributed by atoms with van der Waals surface area (Å²) in [5.41, 5.74) is 3.78. The molecule has 0 radical (unpaired) electrons. The number of rotatable bonds is 5. The standard InChI is InChI=1S/C22H16N2O3/c1-2-11-27-16-9-7-14(8-10-16)20-13-15(23-24-20)12-19-17-5-3-4-6-18(17)21(25)22(19)26/h1,3-10,13,19H,11-12H2,(H,23,24). The van der Waals surface area contributed by atoms with E-state index in [1.165, 1.54) is 0 Å². The van der Waals surface area contributed by atoms with Gasteiger partial charge in [0, 0.05) is 23.2 Å². The molecule has 0 fully saturated rings. The molecule has 5 nitrogen and oxygen atoms in total. The van der Waals surface area contributed by atoms with E-state index in [1.807, 2.05) is 42.5 Å². The van der Waals surface area contributed by atoms with E-state index in [4.69, 9.17) is 11.2 Å². The molecular weight excluding hydrogens is 340 g/mol. The van der Waals surface area contributed by atoms with Gasteiger partial charge in [-0.25, -0.2) is 0 Å². The summed E-state index contributed by atoms with van der Waals surface area (Å²) in [5.74, 6) is 1.90. The van der Waals surface area contributed by atoms with Crippen LogP contribution < -0.4 is 4.74 Å². The molecule has 1 unspecified atom stereocenters. The molecule has 1 heterocycles. The fourth-order valence-electron chi connectivity index (χ4n) is 3.32. The first-order valence-electron chi connectivity index (χ1n) is 8.56. The van der Waals surface area contributed by atoms with Crippen molar-refractivity contribution in [2.45, 2.75) is 12.3 Å². The van der Waals surface area contributed by atoms with Crippen LogP contribution in [0.25, 0.3) is 11.3 Å². The van der Waals surface area contributed by atoms with Crippen molar-refractivity contribution in [1.82, 2.24) is 10.2 Å². The number of aromatic nitrogens is 2. The van der Waals surface area contributed by atoms with E-state index in [2.05, 4.69) is 16.1 Å². The van der Waals surface area contributed by atoms with Gasteiger partial charge in [-0.15, -0.1) is 6.42 Å². The van der Waals surface area contributed by atoms with E-state index in [-0.39, 0.29) is 12.4 Å². The normalized spacial score (nSPS) is 15.4. The van der Waals surface area contributed by atoms with Gasteiger partial charge < -0.3 is 4.74 Å². The van der Waals surface area contributed by atoms with E-state index in [9.17, 15) is 9.59 Å². The number of nitrogens with one attached hydrogen (secondary N) is 1. The zero-order chi connectivity index (χ0) is 18.8. The summed E-state index contributed by atoms with van der Waals surface area (Å²) in [6.45, 7) is 0.224. The summed E-state index contributed by atoms with van der Waals surface area (Å²) in [5, 5.41) is 7.30. The molecule has 1 aliphatic carbocycles. The highest BCUT2D eigenvalue weighted by Gasteiger charge is 2.38. The van der Waals surface area contributed by atoms with Gasteiger partial charge in [-0.3, -0.25) is 14.7 Å². The largest absolute Gasteiger partial charge is 0.481 e. The van der Waals surface area contributed by atoms with Crippen molar-refractivity contribution in [2.24, 2.45) is 0 Å². The number of terminal acetylenes is 1. The SMILES string of the molecule is C#CCOc1ccc(-c2cc(CC3C(=O)C(=O)c4ccccc43)[nH]n2)cc1. The van der Waals surface area contributed by atoms with Crippen LogP contribution in [0.5, 0.6) is 5.75 Å². The van der Waals surface area contributed by atoms with Gasteiger partial charge in [0.15, 0.2) is 0 Å². The Morgan fingerprint density at radius 1 is 1.11 bits per heavy atom. The number of hydrogen-bond acceptors (Lipinski definition) is 4. The molecule has 27 heavy (non-hydrogen) atoms. The van der Waals surface area contributed by atoms with Crippen LogP contribution in [-0.4, -0.2) is 28.4 Å². The summed E-state index contributed by atoms with van der Waals surface area (Å²) in [6, 6.07) is 16.5. The van der Waals surface area contributed by atoms with Crippen molar-refractivity contribution >= 4 is 11.6 Å². The number of nitrogens with zero attached hydrogens (tertiary/aromatic N) is 1. The minimum absolute atomic E-state index is 0.224. The van der Waals surface area contributed by atoms with Crippen LogP contribution in [0.3, 0.4) is 0 Å². The number of hydrogen-bond donors (Lipinski definition) is 1. The second-order valence-electron chi connectivity index (χ2n) is 6.33. The molecule has 0 bridgehead atoms. The van der Waals surface area contributed by atoms with Gasteiger partial charge in [0.1, 0.15) is 12.4 Å². The van der Waals surface area contributed by atoms with Gasteiger partial charge in [0.2, 0.25) is 11.6 Å². The smallest absolute Gasteiger partial charge is 0.229 e. The second kappa shape index (κ2) is 6.93. The minimum Gasteiger partial charge on any atom is -0.481 e. The van der Waals surface area contributed by atoms with Crippen LogP contribution >= 0.6 is 0 Å². The van der Waals surface area contributed by atoms with Crippen LogP contribution in [0.1, 0.15) is 27.5 Å². The lowest BCUT2D eigenvalue weighted by Gasteiger charge is -2.07. The van der Waals surface area contributed by atoms with Gasteiger partial charge in [-0.2, -0.15) is 5.10 Å². The van der Waals surface area contributed by atoms with Gasteiger partial charge in [0.25, 0.3) is 0 Å². The van der Waals surface area contributed by atoms with E-state index in [0.29, 0.717) is 17.7 Å². The third kappa shape index (κ3) is 3.13. The van der Waals surface area contributed by atoms with Gasteiger partial charge in [-0.05, 0) is 35.9 Å². The number of ether oxygens (including phenoxy) is 1. The quantitative estimate of drug-likeness (QED) is 0.563. The summed E-state index contributed by atoms with van der Waals surface area (Å²) >= 11 is 0. The molecule has 1 atom stereocenters. The fraction of sp³-hybridized carbons (Fsp3) is 0.136. The van der Waals surface area contributed by atoms with Crippen LogP contribution in [0.2, 0.25) is 0 Å². The average molecular weight is 356 g/mol. The van der Waals surface area contributed by atoms with Gasteiger partial charge >= 0.3 is 0 Å². The predicted octanol–water partition coefficient (Wildman–Crippen LogP) is 3.18. The van der Waals surface area contributed by atoms with Crippen molar-refractivity contribution < 1.29 is 14.3 Å². The Morgan fingerprint density at radius 2 is 1.89 bits per heavy atom. The number of fused-ring (bicyclic) bond motifs is 1. The van der Waals surface area contributed by atoms with Crippen molar-refractivity contribution in [3.63, 3.8) is 0 Å². The maximum absolute atomic E-state index is 12.4. The van der Waals surface area contributed by atoms with Crippen LogP contribution in [0, 0.1) is 12.3 Å². The monoisotopic (exact) mass is 356 g/mol. The zero-order valence-electron chi connectivity index (χ0n) is 14.4.